The molecule has 0 saturated heterocycles. The van der Waals surface area contributed by atoms with E-state index in [2.05, 4.69) is 25.3 Å². The van der Waals surface area contributed by atoms with E-state index in [1.807, 2.05) is 0 Å². The number of aromatic nitrogens is 2. The molecule has 0 aliphatic carbocycles. The summed E-state index contributed by atoms with van der Waals surface area (Å²) in [7, 11) is 0. The summed E-state index contributed by atoms with van der Waals surface area (Å²) in [6.07, 6.45) is 0. The first kappa shape index (κ1) is 21.7. The minimum Gasteiger partial charge on any atom is -0.478 e. The van der Waals surface area contributed by atoms with E-state index in [1.165, 1.54) is 36.4 Å². The van der Waals surface area contributed by atoms with E-state index in [9.17, 15) is 14.0 Å². The Morgan fingerprint density at radius 2 is 1.90 bits per heavy atom. The standard InChI is InChI=1S/C19H15ClFN5O5/c20-13-9-12(5-6-14(13)21)24-16(22)15-18(26-31-25-15)30-8-7-23-17(27)10-1-3-11(4-2-10)19(28)29/h1-6,9H,7-8H2,(H2,22,24)(H,23,27)(H,28,29). The summed E-state index contributed by atoms with van der Waals surface area (Å²) in [5.41, 5.74) is 6.57. The van der Waals surface area contributed by atoms with Crippen molar-refractivity contribution in [1.29, 1.82) is 0 Å². The molecule has 0 aliphatic rings. The second kappa shape index (κ2) is 9.67. The number of nitrogens with two attached hydrogens (primary N) is 1. The first-order valence-corrected chi connectivity index (χ1v) is 9.09. The molecule has 0 saturated carbocycles. The first-order chi connectivity index (χ1) is 14.8. The molecule has 31 heavy (non-hydrogen) atoms. The minimum absolute atomic E-state index is 0.00974. The van der Waals surface area contributed by atoms with Crippen molar-refractivity contribution < 1.29 is 28.5 Å². The number of amidine groups is 1. The maximum atomic E-state index is 13.2. The number of aliphatic imine (C=N–C) groups is 1. The molecule has 0 unspecified atom stereocenters. The van der Waals surface area contributed by atoms with Crippen molar-refractivity contribution in [2.75, 3.05) is 13.2 Å². The van der Waals surface area contributed by atoms with Crippen molar-refractivity contribution in [2.45, 2.75) is 0 Å². The number of hydrogen-bond donors (Lipinski definition) is 3. The second-order valence-corrected chi connectivity index (χ2v) is 6.41. The van der Waals surface area contributed by atoms with Gasteiger partial charge in [0.05, 0.1) is 22.8 Å². The van der Waals surface area contributed by atoms with E-state index in [0.717, 1.165) is 6.07 Å². The van der Waals surface area contributed by atoms with Crippen molar-refractivity contribution in [3.63, 3.8) is 0 Å². The number of carboxylic acids is 1. The fourth-order valence-electron chi connectivity index (χ4n) is 2.36. The maximum Gasteiger partial charge on any atom is 0.335 e. The lowest BCUT2D eigenvalue weighted by Crippen LogP contribution is -2.28. The Balaban J connectivity index is 1.55. The van der Waals surface area contributed by atoms with E-state index in [0.29, 0.717) is 11.3 Å². The van der Waals surface area contributed by atoms with Crippen molar-refractivity contribution in [2.24, 2.45) is 10.7 Å². The van der Waals surface area contributed by atoms with Crippen LogP contribution in [0.1, 0.15) is 26.4 Å². The largest absolute Gasteiger partial charge is 0.478 e. The molecule has 1 aromatic heterocycles. The molecule has 4 N–H and O–H groups in total. The van der Waals surface area contributed by atoms with Crippen LogP contribution < -0.4 is 15.8 Å². The molecule has 3 rings (SSSR count). The molecule has 3 aromatic rings. The molecule has 0 radical (unpaired) electrons. The molecular weight excluding hydrogens is 433 g/mol. The third-order valence-corrected chi connectivity index (χ3v) is 4.16. The first-order valence-electron chi connectivity index (χ1n) is 8.71. The lowest BCUT2D eigenvalue weighted by atomic mass is 10.1. The molecule has 0 fully saturated rings. The lowest BCUT2D eigenvalue weighted by Gasteiger charge is -2.06. The number of halogens is 2. The van der Waals surface area contributed by atoms with E-state index < -0.39 is 17.7 Å². The third-order valence-electron chi connectivity index (χ3n) is 3.87. The number of hydrogen-bond acceptors (Lipinski definition) is 7. The van der Waals surface area contributed by atoms with Crippen molar-refractivity contribution >= 4 is 35.0 Å². The smallest absolute Gasteiger partial charge is 0.335 e. The van der Waals surface area contributed by atoms with Gasteiger partial charge in [0, 0.05) is 5.56 Å². The van der Waals surface area contributed by atoms with Crippen LogP contribution in [0.15, 0.2) is 52.1 Å². The summed E-state index contributed by atoms with van der Waals surface area (Å²) in [6, 6.07) is 9.27. The zero-order valence-electron chi connectivity index (χ0n) is 15.7. The Kier molecular flexibility index (Phi) is 6.78. The average Bonchev–Trinajstić information content (AvgIpc) is 3.22. The highest BCUT2D eigenvalue weighted by atomic mass is 35.5. The fraction of sp³-hybridized carbons (Fsp3) is 0.105. The molecule has 1 heterocycles. The lowest BCUT2D eigenvalue weighted by molar-refractivity contribution is 0.0696. The topological polar surface area (TPSA) is 153 Å². The highest BCUT2D eigenvalue weighted by Crippen LogP contribution is 2.22. The van der Waals surface area contributed by atoms with Crippen LogP contribution in [0.2, 0.25) is 5.02 Å². The van der Waals surface area contributed by atoms with Crippen molar-refractivity contribution in [1.82, 2.24) is 15.6 Å². The van der Waals surface area contributed by atoms with Gasteiger partial charge in [-0.2, -0.15) is 0 Å². The summed E-state index contributed by atoms with van der Waals surface area (Å²) >= 11 is 5.71. The maximum absolute atomic E-state index is 13.2. The van der Waals surface area contributed by atoms with Gasteiger partial charge in [0.1, 0.15) is 12.4 Å². The number of carbonyl (C=O) groups is 2. The summed E-state index contributed by atoms with van der Waals surface area (Å²) in [5, 5.41) is 18.6. The SMILES string of the molecule is NC(=Nc1ccc(F)c(Cl)c1)c1nonc1OCCNC(=O)c1ccc(C(=O)O)cc1. The number of amides is 1. The van der Waals surface area contributed by atoms with Gasteiger partial charge in [-0.15, -0.1) is 0 Å². The molecule has 0 aliphatic heterocycles. The summed E-state index contributed by atoms with van der Waals surface area (Å²) in [5.74, 6) is -2.22. The molecule has 12 heteroatoms. The Hall–Kier alpha value is -3.99. The van der Waals surface area contributed by atoms with E-state index in [4.69, 9.17) is 27.2 Å². The fourth-order valence-corrected chi connectivity index (χ4v) is 2.53. The Morgan fingerprint density at radius 3 is 2.58 bits per heavy atom. The van der Waals surface area contributed by atoms with Gasteiger partial charge >= 0.3 is 5.97 Å². The number of nitrogens with one attached hydrogen (secondary N) is 1. The van der Waals surface area contributed by atoms with Crippen LogP contribution in [0.3, 0.4) is 0 Å². The number of rotatable bonds is 8. The molecule has 2 aromatic carbocycles. The number of carbonyl (C=O) groups excluding carboxylic acids is 1. The number of ether oxygens (including phenoxy) is 1. The average molecular weight is 448 g/mol. The van der Waals surface area contributed by atoms with Crippen LogP contribution in [0.25, 0.3) is 0 Å². The van der Waals surface area contributed by atoms with Gasteiger partial charge in [0.15, 0.2) is 5.84 Å². The normalized spacial score (nSPS) is 11.2. The van der Waals surface area contributed by atoms with Crippen molar-refractivity contribution in [3.05, 3.63) is 70.1 Å². The number of aromatic carboxylic acids is 1. The second-order valence-electron chi connectivity index (χ2n) is 6.00. The van der Waals surface area contributed by atoms with Crippen LogP contribution >= 0.6 is 11.6 Å². The highest BCUT2D eigenvalue weighted by molar-refractivity contribution is 6.31. The van der Waals surface area contributed by atoms with Gasteiger partial charge in [-0.25, -0.2) is 18.8 Å². The number of carboxylic acid groups (broad SMARTS) is 1. The molecule has 1 amide bonds. The molecule has 0 spiro atoms. The number of nitrogens with zero attached hydrogens (tertiary/aromatic N) is 3. The number of benzene rings is 2. The highest BCUT2D eigenvalue weighted by Gasteiger charge is 2.16. The van der Waals surface area contributed by atoms with Gasteiger partial charge in [-0.05, 0) is 52.8 Å². The van der Waals surface area contributed by atoms with Crippen LogP contribution in [0.5, 0.6) is 5.88 Å². The Morgan fingerprint density at radius 1 is 1.19 bits per heavy atom. The van der Waals surface area contributed by atoms with Crippen LogP contribution in [0, 0.1) is 5.82 Å². The zero-order valence-corrected chi connectivity index (χ0v) is 16.5. The van der Waals surface area contributed by atoms with Gasteiger partial charge in [-0.1, -0.05) is 11.6 Å². The zero-order chi connectivity index (χ0) is 22.4. The predicted molar refractivity (Wildman–Crippen MR) is 107 cm³/mol. The molecular formula is C19H15ClFN5O5. The third kappa shape index (κ3) is 5.54. The Bertz CT molecular complexity index is 1130. The summed E-state index contributed by atoms with van der Waals surface area (Å²) in [6.45, 7) is 0.117. The van der Waals surface area contributed by atoms with Crippen LogP contribution in [-0.4, -0.2) is 46.3 Å². The quantitative estimate of drug-likeness (QED) is 0.270. The van der Waals surface area contributed by atoms with Gasteiger partial charge in [-0.3, -0.25) is 4.79 Å². The van der Waals surface area contributed by atoms with E-state index >= 15 is 0 Å². The molecule has 160 valence electrons. The van der Waals surface area contributed by atoms with Gasteiger partial charge in [0.2, 0.25) is 5.69 Å². The minimum atomic E-state index is -1.08. The van der Waals surface area contributed by atoms with Gasteiger partial charge < -0.3 is 20.9 Å². The monoisotopic (exact) mass is 447 g/mol. The predicted octanol–water partition coefficient (Wildman–Crippen LogP) is 2.41. The van der Waals surface area contributed by atoms with Crippen LogP contribution in [-0.2, 0) is 0 Å². The van der Waals surface area contributed by atoms with Gasteiger partial charge in [0.25, 0.3) is 11.8 Å². The molecule has 10 nitrogen and oxygen atoms in total. The molecule has 0 bridgehead atoms. The summed E-state index contributed by atoms with van der Waals surface area (Å²) in [4.78, 5) is 27.0. The summed E-state index contributed by atoms with van der Waals surface area (Å²) < 4.78 is 23.3. The van der Waals surface area contributed by atoms with E-state index in [-0.39, 0.29) is 41.1 Å². The Labute approximate surface area is 179 Å². The van der Waals surface area contributed by atoms with Crippen molar-refractivity contribution in [3.8, 4) is 5.88 Å². The van der Waals surface area contributed by atoms with Crippen LogP contribution in [0.4, 0.5) is 10.1 Å². The van der Waals surface area contributed by atoms with E-state index in [1.54, 1.807) is 0 Å². The molecule has 0 atom stereocenters.